The Hall–Kier alpha value is -0.880. The highest BCUT2D eigenvalue weighted by Gasteiger charge is 2.14. The van der Waals surface area contributed by atoms with Crippen LogP contribution in [-0.2, 0) is 4.74 Å². The number of anilines is 2. The van der Waals surface area contributed by atoms with Crippen LogP contribution in [0.25, 0.3) is 0 Å². The van der Waals surface area contributed by atoms with Crippen molar-refractivity contribution in [2.75, 3.05) is 24.3 Å². The number of nitrogens with zero attached hydrogens (tertiary/aromatic N) is 2. The summed E-state index contributed by atoms with van der Waals surface area (Å²) >= 11 is 1.29. The van der Waals surface area contributed by atoms with E-state index in [4.69, 9.17) is 10.5 Å². The first kappa shape index (κ1) is 8.71. The van der Waals surface area contributed by atoms with Crippen molar-refractivity contribution in [3.8, 4) is 0 Å². The third-order valence-electron chi connectivity index (χ3n) is 1.93. The molecule has 1 aliphatic heterocycles. The minimum Gasteiger partial charge on any atom is -0.379 e. The van der Waals surface area contributed by atoms with Crippen molar-refractivity contribution in [1.29, 1.82) is 0 Å². The topological polar surface area (TPSA) is 73.1 Å². The number of aromatic nitrogens is 2. The van der Waals surface area contributed by atoms with Crippen LogP contribution < -0.4 is 11.1 Å². The van der Waals surface area contributed by atoms with E-state index in [-0.39, 0.29) is 0 Å². The maximum atomic E-state index is 5.40. The second-order valence-electron chi connectivity index (χ2n) is 3.02. The highest BCUT2D eigenvalue weighted by atomic mass is 32.1. The van der Waals surface area contributed by atoms with E-state index in [1.807, 2.05) is 0 Å². The van der Waals surface area contributed by atoms with E-state index in [2.05, 4.69) is 14.7 Å². The highest BCUT2D eigenvalue weighted by Crippen LogP contribution is 2.16. The first-order valence-corrected chi connectivity index (χ1v) is 5.05. The number of ether oxygens (including phenoxy) is 1. The van der Waals surface area contributed by atoms with E-state index in [0.717, 1.165) is 31.2 Å². The number of nitrogens with one attached hydrogen (secondary N) is 1. The molecule has 1 saturated heterocycles. The van der Waals surface area contributed by atoms with Gasteiger partial charge in [-0.25, -0.2) is 0 Å². The molecule has 13 heavy (non-hydrogen) atoms. The molecule has 3 N–H and O–H groups in total. The summed E-state index contributed by atoms with van der Waals surface area (Å²) < 4.78 is 9.21. The summed E-state index contributed by atoms with van der Waals surface area (Å²) in [6.07, 6.45) is 2.23. The largest absolute Gasteiger partial charge is 0.379 e. The first-order chi connectivity index (χ1) is 6.34. The van der Waals surface area contributed by atoms with Crippen molar-refractivity contribution in [3.63, 3.8) is 0 Å². The average molecular weight is 200 g/mol. The maximum absolute atomic E-state index is 5.40. The zero-order valence-corrected chi connectivity index (χ0v) is 8.01. The lowest BCUT2D eigenvalue weighted by molar-refractivity contribution is 0.0876. The Kier molecular flexibility index (Phi) is 2.60. The van der Waals surface area contributed by atoms with Gasteiger partial charge in [0.05, 0.1) is 12.6 Å². The quantitative estimate of drug-likeness (QED) is 0.735. The summed E-state index contributed by atoms with van der Waals surface area (Å²) in [6.45, 7) is 1.62. The Morgan fingerprint density at radius 2 is 2.54 bits per heavy atom. The van der Waals surface area contributed by atoms with E-state index < -0.39 is 0 Å². The second kappa shape index (κ2) is 3.89. The summed E-state index contributed by atoms with van der Waals surface area (Å²) in [5, 5.41) is 4.03. The maximum Gasteiger partial charge on any atom is 0.233 e. The zero-order chi connectivity index (χ0) is 9.10. The Labute approximate surface area is 80.5 Å². The summed E-state index contributed by atoms with van der Waals surface area (Å²) in [5.41, 5.74) is 5.40. The van der Waals surface area contributed by atoms with Gasteiger partial charge in [-0.1, -0.05) is 0 Å². The molecule has 0 saturated carbocycles. The second-order valence-corrected chi connectivity index (χ2v) is 3.77. The monoisotopic (exact) mass is 200 g/mol. The molecule has 1 unspecified atom stereocenters. The van der Waals surface area contributed by atoms with Crippen molar-refractivity contribution in [3.05, 3.63) is 0 Å². The molecule has 1 atom stereocenters. The van der Waals surface area contributed by atoms with Crippen molar-refractivity contribution in [2.45, 2.75) is 18.9 Å². The van der Waals surface area contributed by atoms with Crippen LogP contribution in [0, 0.1) is 0 Å². The Morgan fingerprint density at radius 1 is 1.62 bits per heavy atom. The van der Waals surface area contributed by atoms with Gasteiger partial charge in [0, 0.05) is 18.1 Å². The fourth-order valence-corrected chi connectivity index (χ4v) is 1.90. The van der Waals surface area contributed by atoms with Gasteiger partial charge in [-0.05, 0) is 12.8 Å². The number of hydrogen-bond acceptors (Lipinski definition) is 6. The number of rotatable bonds is 2. The molecule has 0 radical (unpaired) electrons. The number of nitrogen functional groups attached to an aromatic ring is 1. The SMILES string of the molecule is Nc1nsc(NC2CCCOC2)n1. The third kappa shape index (κ3) is 2.28. The summed E-state index contributed by atoms with van der Waals surface area (Å²) in [4.78, 5) is 4.02. The van der Waals surface area contributed by atoms with Crippen LogP contribution in [0.5, 0.6) is 0 Å². The van der Waals surface area contributed by atoms with Crippen LogP contribution in [0.1, 0.15) is 12.8 Å². The van der Waals surface area contributed by atoms with Gasteiger partial charge in [-0.2, -0.15) is 9.36 Å². The molecule has 6 heteroatoms. The Balaban J connectivity index is 1.89. The smallest absolute Gasteiger partial charge is 0.233 e. The highest BCUT2D eigenvalue weighted by molar-refractivity contribution is 7.09. The van der Waals surface area contributed by atoms with Gasteiger partial charge in [0.1, 0.15) is 0 Å². The predicted molar refractivity (Wildman–Crippen MR) is 51.8 cm³/mol. The Bertz CT molecular complexity index is 271. The lowest BCUT2D eigenvalue weighted by atomic mass is 10.1. The molecule has 0 aromatic carbocycles. The van der Waals surface area contributed by atoms with Gasteiger partial charge in [0.2, 0.25) is 11.1 Å². The van der Waals surface area contributed by atoms with E-state index in [9.17, 15) is 0 Å². The summed E-state index contributed by atoms with van der Waals surface area (Å²) in [6, 6.07) is 0.362. The molecule has 0 amide bonds. The zero-order valence-electron chi connectivity index (χ0n) is 7.19. The van der Waals surface area contributed by atoms with Gasteiger partial charge in [0.15, 0.2) is 0 Å². The fraction of sp³-hybridized carbons (Fsp3) is 0.714. The molecule has 0 aliphatic carbocycles. The van der Waals surface area contributed by atoms with Gasteiger partial charge < -0.3 is 15.8 Å². The fourth-order valence-electron chi connectivity index (χ4n) is 1.32. The molecule has 2 heterocycles. The molecule has 5 nitrogen and oxygen atoms in total. The van der Waals surface area contributed by atoms with Gasteiger partial charge in [-0.15, -0.1) is 0 Å². The van der Waals surface area contributed by atoms with Crippen molar-refractivity contribution < 1.29 is 4.74 Å². The van der Waals surface area contributed by atoms with Crippen molar-refractivity contribution >= 4 is 22.6 Å². The van der Waals surface area contributed by atoms with E-state index in [0.29, 0.717) is 12.0 Å². The minimum atomic E-state index is 0.337. The minimum absolute atomic E-state index is 0.337. The Morgan fingerprint density at radius 3 is 3.15 bits per heavy atom. The van der Waals surface area contributed by atoms with Crippen molar-refractivity contribution in [1.82, 2.24) is 9.36 Å². The van der Waals surface area contributed by atoms with Crippen LogP contribution in [0.15, 0.2) is 0 Å². The standard InChI is InChI=1S/C7H12N4OS/c8-6-10-7(13-11-6)9-5-2-1-3-12-4-5/h5H,1-4H2,(H3,8,9,10,11). The molecule has 1 aromatic heterocycles. The summed E-state index contributed by atoms with van der Waals surface area (Å²) in [5.74, 6) is 0.337. The van der Waals surface area contributed by atoms with Crippen LogP contribution >= 0.6 is 11.5 Å². The number of hydrogen-bond donors (Lipinski definition) is 2. The third-order valence-corrected chi connectivity index (χ3v) is 2.59. The molecule has 1 aromatic rings. The predicted octanol–water partition coefficient (Wildman–Crippen LogP) is 0.711. The molecular formula is C7H12N4OS. The first-order valence-electron chi connectivity index (χ1n) is 4.28. The van der Waals surface area contributed by atoms with Gasteiger partial charge in [0.25, 0.3) is 0 Å². The van der Waals surface area contributed by atoms with E-state index >= 15 is 0 Å². The van der Waals surface area contributed by atoms with Crippen LogP contribution in [-0.4, -0.2) is 28.6 Å². The molecule has 2 rings (SSSR count). The number of nitrogens with two attached hydrogens (primary N) is 1. The molecule has 1 aliphatic rings. The lowest BCUT2D eigenvalue weighted by Crippen LogP contribution is -2.29. The van der Waals surface area contributed by atoms with Gasteiger partial charge in [-0.3, -0.25) is 0 Å². The van der Waals surface area contributed by atoms with Crippen LogP contribution in [0.2, 0.25) is 0 Å². The van der Waals surface area contributed by atoms with E-state index in [1.165, 1.54) is 11.5 Å². The lowest BCUT2D eigenvalue weighted by Gasteiger charge is -2.22. The van der Waals surface area contributed by atoms with Crippen molar-refractivity contribution in [2.24, 2.45) is 0 Å². The summed E-state index contributed by atoms with van der Waals surface area (Å²) in [7, 11) is 0. The average Bonchev–Trinajstić information content (AvgIpc) is 2.53. The van der Waals surface area contributed by atoms with Crippen LogP contribution in [0.4, 0.5) is 11.1 Å². The molecular weight excluding hydrogens is 188 g/mol. The molecule has 1 fully saturated rings. The molecule has 0 bridgehead atoms. The molecule has 0 spiro atoms. The van der Waals surface area contributed by atoms with E-state index in [1.54, 1.807) is 0 Å². The van der Waals surface area contributed by atoms with Crippen LogP contribution in [0.3, 0.4) is 0 Å². The van der Waals surface area contributed by atoms with Gasteiger partial charge >= 0.3 is 0 Å². The normalized spacial score (nSPS) is 22.9. The molecule has 72 valence electrons.